The van der Waals surface area contributed by atoms with Crippen LogP contribution in [-0.4, -0.2) is 72.0 Å². The van der Waals surface area contributed by atoms with Crippen molar-refractivity contribution in [3.63, 3.8) is 0 Å². The molecule has 168 valence electrons. The molecule has 0 saturated carbocycles. The first-order valence-corrected chi connectivity index (χ1v) is 10.9. The molecule has 0 spiro atoms. The van der Waals surface area contributed by atoms with Gasteiger partial charge in [0.25, 0.3) is 0 Å². The van der Waals surface area contributed by atoms with Crippen LogP contribution in [0.25, 0.3) is 0 Å². The molecule has 1 aromatic carbocycles. The number of nitrogens with zero attached hydrogens (tertiary/aromatic N) is 3. The highest BCUT2D eigenvalue weighted by Gasteiger charge is 2.24. The van der Waals surface area contributed by atoms with E-state index in [0.717, 1.165) is 22.9 Å². The Labute approximate surface area is 184 Å². The first kappa shape index (κ1) is 22.9. The number of fused-ring (bicyclic) bond motifs is 1. The van der Waals surface area contributed by atoms with Gasteiger partial charge in [-0.2, -0.15) is 0 Å². The predicted octanol–water partition coefficient (Wildman–Crippen LogP) is 2.93. The normalized spacial score (nSPS) is 15.2. The maximum absolute atomic E-state index is 13.0. The number of ketones is 1. The van der Waals surface area contributed by atoms with Gasteiger partial charge >= 0.3 is 0 Å². The van der Waals surface area contributed by atoms with E-state index in [-0.39, 0.29) is 30.9 Å². The molecule has 1 aliphatic rings. The largest absolute Gasteiger partial charge is 0.486 e. The van der Waals surface area contributed by atoms with Gasteiger partial charge in [-0.25, -0.2) is 0 Å². The predicted molar refractivity (Wildman–Crippen MR) is 120 cm³/mol. The summed E-state index contributed by atoms with van der Waals surface area (Å²) in [7, 11) is 1.81. The minimum absolute atomic E-state index is 0.0142. The fourth-order valence-corrected chi connectivity index (χ4v) is 4.01. The summed E-state index contributed by atoms with van der Waals surface area (Å²) >= 11 is 0. The summed E-state index contributed by atoms with van der Waals surface area (Å²) in [5.41, 5.74) is 2.61. The quantitative estimate of drug-likeness (QED) is 0.576. The van der Waals surface area contributed by atoms with Gasteiger partial charge in [0.15, 0.2) is 23.4 Å². The Morgan fingerprint density at radius 1 is 1.10 bits per heavy atom. The fraction of sp³-hybridized carbons (Fsp3) is 0.500. The number of carbonyl (C=O) groups is 2. The Morgan fingerprint density at radius 2 is 1.77 bits per heavy atom. The molecule has 1 aromatic heterocycles. The maximum atomic E-state index is 13.0. The van der Waals surface area contributed by atoms with Crippen molar-refractivity contribution in [2.45, 2.75) is 40.3 Å². The van der Waals surface area contributed by atoms with Gasteiger partial charge in [-0.1, -0.05) is 12.1 Å². The molecule has 0 bridgehead atoms. The number of carbonyl (C=O) groups excluding carboxylic acids is 2. The van der Waals surface area contributed by atoms with Crippen LogP contribution in [0, 0.1) is 13.8 Å². The molecule has 0 N–H and O–H groups in total. The van der Waals surface area contributed by atoms with Crippen LogP contribution in [0.1, 0.15) is 35.6 Å². The Kier molecular flexibility index (Phi) is 7.38. The van der Waals surface area contributed by atoms with E-state index in [1.165, 1.54) is 0 Å². The minimum Gasteiger partial charge on any atom is -0.486 e. The van der Waals surface area contributed by atoms with Crippen molar-refractivity contribution in [3.8, 4) is 11.5 Å². The number of likely N-dealkylation sites (N-methyl/N-ethyl adjacent to an activating group) is 2. The molecule has 0 aliphatic carbocycles. The van der Waals surface area contributed by atoms with Crippen LogP contribution >= 0.6 is 0 Å². The topological polar surface area (TPSA) is 64.0 Å². The molecule has 1 aliphatic heterocycles. The molecule has 7 nitrogen and oxygen atoms in total. The van der Waals surface area contributed by atoms with Gasteiger partial charge in [0, 0.05) is 30.0 Å². The molecule has 3 rings (SSSR count). The van der Waals surface area contributed by atoms with Gasteiger partial charge < -0.3 is 18.9 Å². The highest BCUT2D eigenvalue weighted by atomic mass is 16.6. The minimum atomic E-state index is -0.128. The number of ether oxygens (including phenoxy) is 2. The summed E-state index contributed by atoms with van der Waals surface area (Å²) in [5.74, 6) is 1.57. The van der Waals surface area contributed by atoms with Crippen LogP contribution in [-0.2, 0) is 11.3 Å². The van der Waals surface area contributed by atoms with Gasteiger partial charge in [-0.3, -0.25) is 14.5 Å². The number of Topliss-reactive ketones (excluding diaryl/α,β-unsaturated/α-hetero) is 1. The van der Waals surface area contributed by atoms with Crippen molar-refractivity contribution < 1.29 is 19.1 Å². The van der Waals surface area contributed by atoms with Crippen molar-refractivity contribution in [2.24, 2.45) is 0 Å². The first-order chi connectivity index (χ1) is 14.8. The lowest BCUT2D eigenvalue weighted by Crippen LogP contribution is -2.40. The van der Waals surface area contributed by atoms with E-state index >= 15 is 0 Å². The zero-order valence-electron chi connectivity index (χ0n) is 19.2. The standard InChI is InChI=1S/C24H33N3O4/c1-6-26(7-2)24(29)15-25(5)14-21(28)20-12-17(3)27(18(20)4)13-19-16-30-22-10-8-9-11-23(22)31-19/h8-12,19H,6-7,13-16H2,1-5H3. The molecule has 31 heavy (non-hydrogen) atoms. The van der Waals surface area contributed by atoms with E-state index in [0.29, 0.717) is 31.8 Å². The zero-order valence-corrected chi connectivity index (χ0v) is 19.2. The number of benzene rings is 1. The lowest BCUT2D eigenvalue weighted by atomic mass is 10.1. The lowest BCUT2D eigenvalue weighted by molar-refractivity contribution is -0.131. The van der Waals surface area contributed by atoms with E-state index in [2.05, 4.69) is 4.57 Å². The number of aryl methyl sites for hydroxylation is 1. The van der Waals surface area contributed by atoms with Gasteiger partial charge in [-0.05, 0) is 52.9 Å². The van der Waals surface area contributed by atoms with Crippen molar-refractivity contribution >= 4 is 11.7 Å². The number of amides is 1. The molecule has 7 heteroatoms. The molecule has 1 unspecified atom stereocenters. The Balaban J connectivity index is 1.64. The maximum Gasteiger partial charge on any atom is 0.236 e. The molecule has 0 fully saturated rings. The molecule has 2 heterocycles. The van der Waals surface area contributed by atoms with E-state index in [4.69, 9.17) is 9.47 Å². The third-order valence-corrected chi connectivity index (χ3v) is 5.76. The average Bonchev–Trinajstić information content (AvgIpc) is 3.02. The second-order valence-electron chi connectivity index (χ2n) is 8.05. The van der Waals surface area contributed by atoms with Gasteiger partial charge in [0.1, 0.15) is 6.61 Å². The number of aromatic nitrogens is 1. The molecule has 0 radical (unpaired) electrons. The van der Waals surface area contributed by atoms with Crippen LogP contribution in [0.2, 0.25) is 0 Å². The monoisotopic (exact) mass is 427 g/mol. The summed E-state index contributed by atoms with van der Waals surface area (Å²) in [6.07, 6.45) is -0.128. The van der Waals surface area contributed by atoms with Gasteiger partial charge in [0.2, 0.25) is 5.91 Å². The second kappa shape index (κ2) is 10.0. The molecular weight excluding hydrogens is 394 g/mol. The number of hydrogen-bond donors (Lipinski definition) is 0. The summed E-state index contributed by atoms with van der Waals surface area (Å²) < 4.78 is 14.0. The van der Waals surface area contributed by atoms with Crippen molar-refractivity contribution in [1.29, 1.82) is 0 Å². The number of hydrogen-bond acceptors (Lipinski definition) is 5. The lowest BCUT2D eigenvalue weighted by Gasteiger charge is -2.27. The molecular formula is C24H33N3O4. The Bertz CT molecular complexity index is 933. The van der Waals surface area contributed by atoms with E-state index in [1.54, 1.807) is 9.80 Å². The van der Waals surface area contributed by atoms with Crippen molar-refractivity contribution in [1.82, 2.24) is 14.4 Å². The van der Waals surface area contributed by atoms with E-state index < -0.39 is 0 Å². The second-order valence-corrected chi connectivity index (χ2v) is 8.05. The van der Waals surface area contributed by atoms with E-state index in [1.807, 2.05) is 65.1 Å². The van der Waals surface area contributed by atoms with Gasteiger partial charge in [0.05, 0.1) is 19.6 Å². The highest BCUT2D eigenvalue weighted by Crippen LogP contribution is 2.31. The summed E-state index contributed by atoms with van der Waals surface area (Å²) in [6.45, 7) is 10.7. The number of rotatable bonds is 9. The smallest absolute Gasteiger partial charge is 0.236 e. The van der Waals surface area contributed by atoms with Crippen LogP contribution in [0.5, 0.6) is 11.5 Å². The SMILES string of the molecule is CCN(CC)C(=O)CN(C)CC(=O)c1cc(C)n(CC2COc3ccccc3O2)c1C. The first-order valence-electron chi connectivity index (χ1n) is 10.9. The third kappa shape index (κ3) is 5.28. The van der Waals surface area contributed by atoms with Crippen LogP contribution in [0.4, 0.5) is 0 Å². The van der Waals surface area contributed by atoms with Crippen LogP contribution in [0.15, 0.2) is 30.3 Å². The van der Waals surface area contributed by atoms with Gasteiger partial charge in [-0.15, -0.1) is 0 Å². The molecule has 0 saturated heterocycles. The summed E-state index contributed by atoms with van der Waals surface area (Å²) in [5, 5.41) is 0. The highest BCUT2D eigenvalue weighted by molar-refractivity contribution is 5.99. The number of para-hydroxylation sites is 2. The molecule has 2 aromatic rings. The molecule has 1 amide bonds. The Hall–Kier alpha value is -2.80. The zero-order chi connectivity index (χ0) is 22.5. The van der Waals surface area contributed by atoms with Crippen LogP contribution < -0.4 is 9.47 Å². The van der Waals surface area contributed by atoms with E-state index in [9.17, 15) is 9.59 Å². The summed E-state index contributed by atoms with van der Waals surface area (Å²) in [4.78, 5) is 28.8. The third-order valence-electron chi connectivity index (χ3n) is 5.76. The fourth-order valence-electron chi connectivity index (χ4n) is 4.01. The Morgan fingerprint density at radius 3 is 2.45 bits per heavy atom. The van der Waals surface area contributed by atoms with Crippen molar-refractivity contribution in [2.75, 3.05) is 39.8 Å². The summed E-state index contributed by atoms with van der Waals surface area (Å²) in [6, 6.07) is 9.58. The van der Waals surface area contributed by atoms with Crippen LogP contribution in [0.3, 0.4) is 0 Å². The molecule has 1 atom stereocenters. The average molecular weight is 428 g/mol. The van der Waals surface area contributed by atoms with Crippen molar-refractivity contribution in [3.05, 3.63) is 47.3 Å².